The molecule has 2 heterocycles. The Morgan fingerprint density at radius 3 is 2.04 bits per heavy atom. The number of carboxylic acid groups (broad SMARTS) is 1. The van der Waals surface area contributed by atoms with Gasteiger partial charge in [-0.3, -0.25) is 9.59 Å². The van der Waals surface area contributed by atoms with Crippen molar-refractivity contribution < 1.29 is 37.8 Å². The van der Waals surface area contributed by atoms with Crippen LogP contribution in [-0.2, 0) is 22.6 Å². The number of amides is 2. The van der Waals surface area contributed by atoms with Gasteiger partial charge in [0.25, 0.3) is 5.91 Å². The van der Waals surface area contributed by atoms with Crippen LogP contribution in [0, 0.1) is 11.8 Å². The van der Waals surface area contributed by atoms with Crippen molar-refractivity contribution in [3.8, 4) is 16.9 Å². The van der Waals surface area contributed by atoms with Crippen molar-refractivity contribution in [2.24, 2.45) is 11.8 Å². The average Bonchev–Trinajstić information content (AvgIpc) is 3.23. The van der Waals surface area contributed by atoms with E-state index in [-0.39, 0.29) is 17.6 Å². The van der Waals surface area contributed by atoms with Crippen LogP contribution in [-0.4, -0.2) is 76.7 Å². The van der Waals surface area contributed by atoms with Gasteiger partial charge in [0.05, 0.1) is 0 Å². The number of rotatable bonds is 13. The minimum Gasteiger partial charge on any atom is -0.508 e. The molecule has 3 N–H and O–H groups in total. The van der Waals surface area contributed by atoms with Crippen molar-refractivity contribution in [2.45, 2.75) is 64.1 Å². The Hall–Kier alpha value is -5.42. The summed E-state index contributed by atoms with van der Waals surface area (Å²) in [6.45, 7) is 5.01. The lowest BCUT2D eigenvalue weighted by molar-refractivity contribution is -0.192. The van der Waals surface area contributed by atoms with Crippen molar-refractivity contribution in [3.05, 3.63) is 131 Å². The molecule has 8 nitrogen and oxygen atoms in total. The lowest BCUT2D eigenvalue weighted by atomic mass is 9.87. The SMILES string of the molecule is O=C(/C=C/c1ccccc1)N(CCc1ccc(O)cc1)Cc1cccc(-c2cccc(C(=O)N3CCC(CCCC4CCNCC4)CC3)c2)c1.O=C(O)C(F)(F)F. The van der Waals surface area contributed by atoms with E-state index in [0.29, 0.717) is 19.5 Å². The van der Waals surface area contributed by atoms with Gasteiger partial charge in [-0.1, -0.05) is 92.1 Å². The topological polar surface area (TPSA) is 110 Å². The number of nitrogens with zero attached hydrogens (tertiary/aromatic N) is 2. The van der Waals surface area contributed by atoms with Crippen LogP contribution in [0.1, 0.15) is 72.0 Å². The molecule has 0 bridgehead atoms. The van der Waals surface area contributed by atoms with E-state index in [0.717, 1.165) is 71.1 Å². The standard InChI is InChI=1S/C44H51N3O3.C2HF3O2/c48-42-18-15-37(16-19-42)25-30-47(43(49)20-17-34-7-2-1-3-8-34)33-38-11-5-12-39(31-38)40-13-6-14-41(32-40)44(50)46-28-23-36(24-29-46)10-4-9-35-21-26-45-27-22-35;3-2(4,5)1(6)7/h1-3,5-8,11-20,31-32,35-36,45,48H,4,9-10,21-30,33H2;(H,6,7)/b20-17+;. The van der Waals surface area contributed by atoms with E-state index in [1.807, 2.05) is 82.6 Å². The summed E-state index contributed by atoms with van der Waals surface area (Å²) in [6.07, 6.45) is 7.90. The first kappa shape index (κ1) is 42.7. The number of aromatic hydroxyl groups is 1. The monoisotopic (exact) mass is 783 g/mol. The molecule has 2 saturated heterocycles. The van der Waals surface area contributed by atoms with Crippen molar-refractivity contribution >= 4 is 23.9 Å². The van der Waals surface area contributed by atoms with Crippen molar-refractivity contribution in [3.63, 3.8) is 0 Å². The molecule has 2 aliphatic heterocycles. The summed E-state index contributed by atoms with van der Waals surface area (Å²) in [5.74, 6) is -0.841. The number of likely N-dealkylation sites (tertiary alicyclic amines) is 1. The maximum absolute atomic E-state index is 13.6. The first-order valence-corrected chi connectivity index (χ1v) is 19.7. The van der Waals surface area contributed by atoms with Gasteiger partial charge in [-0.25, -0.2) is 4.79 Å². The average molecular weight is 784 g/mol. The molecule has 57 heavy (non-hydrogen) atoms. The van der Waals surface area contributed by atoms with Gasteiger partial charge < -0.3 is 25.3 Å². The second kappa shape index (κ2) is 21.2. The van der Waals surface area contributed by atoms with Gasteiger partial charge >= 0.3 is 12.1 Å². The third-order valence-corrected chi connectivity index (χ3v) is 10.7. The van der Waals surface area contributed by atoms with Crippen LogP contribution >= 0.6 is 0 Å². The predicted octanol–water partition coefficient (Wildman–Crippen LogP) is 9.00. The minimum absolute atomic E-state index is 0.0591. The lowest BCUT2D eigenvalue weighted by Gasteiger charge is -2.32. The van der Waals surface area contributed by atoms with Crippen molar-refractivity contribution in [1.82, 2.24) is 15.1 Å². The molecule has 0 aromatic heterocycles. The van der Waals surface area contributed by atoms with E-state index in [4.69, 9.17) is 9.90 Å². The number of aliphatic carboxylic acids is 1. The highest BCUT2D eigenvalue weighted by molar-refractivity contribution is 5.95. The molecule has 4 aromatic carbocycles. The van der Waals surface area contributed by atoms with Crippen LogP contribution in [0.4, 0.5) is 13.2 Å². The van der Waals surface area contributed by atoms with E-state index in [2.05, 4.69) is 29.6 Å². The summed E-state index contributed by atoms with van der Waals surface area (Å²) in [6, 6.07) is 33.2. The highest BCUT2D eigenvalue weighted by Crippen LogP contribution is 2.28. The minimum atomic E-state index is -5.08. The Morgan fingerprint density at radius 2 is 1.39 bits per heavy atom. The number of alkyl halides is 3. The van der Waals surface area contributed by atoms with Gasteiger partial charge in [-0.2, -0.15) is 13.2 Å². The number of hydrogen-bond acceptors (Lipinski definition) is 5. The first-order chi connectivity index (χ1) is 27.4. The van der Waals surface area contributed by atoms with Crippen LogP contribution in [0.2, 0.25) is 0 Å². The largest absolute Gasteiger partial charge is 0.508 e. The molecular formula is C46H52F3N3O5. The number of benzene rings is 4. The van der Waals surface area contributed by atoms with E-state index in [1.54, 1.807) is 18.2 Å². The van der Waals surface area contributed by atoms with E-state index >= 15 is 0 Å². The molecule has 2 fully saturated rings. The number of phenolic OH excluding ortho intramolecular Hbond substituents is 1. The van der Waals surface area contributed by atoms with Crippen LogP contribution < -0.4 is 5.32 Å². The fourth-order valence-electron chi connectivity index (χ4n) is 7.41. The number of hydrogen-bond donors (Lipinski definition) is 3. The molecule has 302 valence electrons. The number of carbonyl (C=O) groups is 3. The number of carbonyl (C=O) groups excluding carboxylic acids is 2. The highest BCUT2D eigenvalue weighted by Gasteiger charge is 2.38. The zero-order valence-corrected chi connectivity index (χ0v) is 32.2. The number of piperidine rings is 2. The number of nitrogens with one attached hydrogen (secondary N) is 1. The van der Waals surface area contributed by atoms with Gasteiger partial charge in [0, 0.05) is 37.8 Å². The third kappa shape index (κ3) is 13.9. The predicted molar refractivity (Wildman–Crippen MR) is 216 cm³/mol. The maximum atomic E-state index is 13.6. The maximum Gasteiger partial charge on any atom is 0.490 e. The molecule has 2 aliphatic rings. The zero-order chi connectivity index (χ0) is 40.6. The van der Waals surface area contributed by atoms with Crippen LogP contribution in [0.25, 0.3) is 17.2 Å². The molecule has 0 unspecified atom stereocenters. The summed E-state index contributed by atoms with van der Waals surface area (Å²) < 4.78 is 31.7. The number of carboxylic acids is 1. The molecule has 0 aliphatic carbocycles. The fraction of sp³-hybridized carbons (Fsp3) is 0.370. The second-order valence-corrected chi connectivity index (χ2v) is 14.9. The molecule has 11 heteroatoms. The number of halogens is 3. The van der Waals surface area contributed by atoms with E-state index in [9.17, 15) is 27.9 Å². The van der Waals surface area contributed by atoms with E-state index in [1.165, 1.54) is 45.2 Å². The van der Waals surface area contributed by atoms with Gasteiger partial charge in [-0.15, -0.1) is 0 Å². The highest BCUT2D eigenvalue weighted by atomic mass is 19.4. The summed E-state index contributed by atoms with van der Waals surface area (Å²) in [5.41, 5.74) is 5.80. The smallest absolute Gasteiger partial charge is 0.490 e. The van der Waals surface area contributed by atoms with Crippen LogP contribution in [0.15, 0.2) is 109 Å². The summed E-state index contributed by atoms with van der Waals surface area (Å²) in [4.78, 5) is 39.9. The normalized spacial score (nSPS) is 15.2. The molecule has 4 aromatic rings. The van der Waals surface area contributed by atoms with Crippen LogP contribution in [0.3, 0.4) is 0 Å². The Labute approximate surface area is 333 Å². The van der Waals surface area contributed by atoms with Crippen molar-refractivity contribution in [1.29, 1.82) is 0 Å². The number of phenols is 1. The Kier molecular flexibility index (Phi) is 15.9. The molecule has 0 saturated carbocycles. The van der Waals surface area contributed by atoms with Gasteiger partial charge in [0.1, 0.15) is 5.75 Å². The summed E-state index contributed by atoms with van der Waals surface area (Å²) in [5, 5.41) is 20.3. The third-order valence-electron chi connectivity index (χ3n) is 10.7. The molecule has 6 rings (SSSR count). The zero-order valence-electron chi connectivity index (χ0n) is 32.2. The Morgan fingerprint density at radius 1 is 0.772 bits per heavy atom. The Balaban J connectivity index is 0.000000811. The van der Waals surface area contributed by atoms with Gasteiger partial charge in [0.15, 0.2) is 0 Å². The van der Waals surface area contributed by atoms with Crippen molar-refractivity contribution in [2.75, 3.05) is 32.7 Å². The summed E-state index contributed by atoms with van der Waals surface area (Å²) in [7, 11) is 0. The summed E-state index contributed by atoms with van der Waals surface area (Å²) >= 11 is 0. The molecule has 0 radical (unpaired) electrons. The lowest BCUT2D eigenvalue weighted by Crippen LogP contribution is -2.38. The quantitative estimate of drug-likeness (QED) is 0.117. The van der Waals surface area contributed by atoms with Gasteiger partial charge in [0.2, 0.25) is 5.91 Å². The second-order valence-electron chi connectivity index (χ2n) is 14.9. The molecule has 0 spiro atoms. The van der Waals surface area contributed by atoms with Gasteiger partial charge in [-0.05, 0) is 121 Å². The van der Waals surface area contributed by atoms with E-state index < -0.39 is 12.1 Å². The molecular weight excluding hydrogens is 732 g/mol. The first-order valence-electron chi connectivity index (χ1n) is 19.7. The van der Waals surface area contributed by atoms with Crippen LogP contribution in [0.5, 0.6) is 5.75 Å². The Bertz CT molecular complexity index is 1920. The fourth-order valence-corrected chi connectivity index (χ4v) is 7.41. The molecule has 0 atom stereocenters. The molecule has 2 amide bonds.